The SMILES string of the molecule is COc1cc(F)c([N+](=O)[O-])c(C)c1N(C)c1c(F)cccc1F. The van der Waals surface area contributed by atoms with Gasteiger partial charge in [-0.3, -0.25) is 10.1 Å². The van der Waals surface area contributed by atoms with E-state index in [9.17, 15) is 23.3 Å². The lowest BCUT2D eigenvalue weighted by Gasteiger charge is -2.24. The smallest absolute Gasteiger partial charge is 0.310 e. The molecule has 8 heteroatoms. The van der Waals surface area contributed by atoms with Crippen LogP contribution in [0.2, 0.25) is 0 Å². The van der Waals surface area contributed by atoms with Gasteiger partial charge in [0.05, 0.1) is 23.3 Å². The number of nitro groups is 1. The fourth-order valence-corrected chi connectivity index (χ4v) is 2.45. The summed E-state index contributed by atoms with van der Waals surface area (Å²) in [6.45, 7) is 1.29. The van der Waals surface area contributed by atoms with Crippen LogP contribution in [0, 0.1) is 34.5 Å². The molecule has 0 aliphatic carbocycles. The van der Waals surface area contributed by atoms with E-state index in [-0.39, 0.29) is 17.0 Å². The van der Waals surface area contributed by atoms with Gasteiger partial charge >= 0.3 is 5.69 Å². The van der Waals surface area contributed by atoms with Crippen LogP contribution >= 0.6 is 0 Å². The molecule has 0 aliphatic rings. The number of hydrogen-bond acceptors (Lipinski definition) is 4. The Kier molecular flexibility index (Phi) is 4.44. The first-order valence-electron chi connectivity index (χ1n) is 6.48. The normalized spacial score (nSPS) is 10.5. The summed E-state index contributed by atoms with van der Waals surface area (Å²) in [7, 11) is 2.54. The van der Waals surface area contributed by atoms with Crippen LogP contribution in [0.25, 0.3) is 0 Å². The summed E-state index contributed by atoms with van der Waals surface area (Å²) in [5, 5.41) is 11.0. The van der Waals surface area contributed by atoms with Gasteiger partial charge in [-0.1, -0.05) is 6.07 Å². The molecule has 0 atom stereocenters. The molecule has 0 amide bonds. The van der Waals surface area contributed by atoms with Gasteiger partial charge in [-0.05, 0) is 19.1 Å². The Bertz CT molecular complexity index is 761. The van der Waals surface area contributed by atoms with E-state index in [2.05, 4.69) is 0 Å². The van der Waals surface area contributed by atoms with Crippen molar-refractivity contribution in [2.24, 2.45) is 0 Å². The number of nitrogens with zero attached hydrogens (tertiary/aromatic N) is 2. The van der Waals surface area contributed by atoms with Gasteiger partial charge in [0.2, 0.25) is 5.82 Å². The highest BCUT2D eigenvalue weighted by Crippen LogP contribution is 2.42. The highest BCUT2D eigenvalue weighted by Gasteiger charge is 2.28. The third-order valence-corrected chi connectivity index (χ3v) is 3.44. The first-order valence-corrected chi connectivity index (χ1v) is 6.48. The average molecular weight is 326 g/mol. The summed E-state index contributed by atoms with van der Waals surface area (Å²) in [4.78, 5) is 11.2. The number of nitro benzene ring substituents is 1. The van der Waals surface area contributed by atoms with Crippen molar-refractivity contribution in [3.05, 3.63) is 57.4 Å². The summed E-state index contributed by atoms with van der Waals surface area (Å²) in [6, 6.07) is 4.11. The highest BCUT2D eigenvalue weighted by atomic mass is 19.1. The van der Waals surface area contributed by atoms with Crippen molar-refractivity contribution < 1.29 is 22.8 Å². The maximum Gasteiger partial charge on any atom is 0.310 e. The van der Waals surface area contributed by atoms with Crippen LogP contribution in [-0.4, -0.2) is 19.1 Å². The summed E-state index contributed by atoms with van der Waals surface area (Å²) >= 11 is 0. The highest BCUT2D eigenvalue weighted by molar-refractivity contribution is 5.76. The first-order chi connectivity index (χ1) is 10.8. The molecule has 2 aromatic rings. The number of benzene rings is 2. The third kappa shape index (κ3) is 2.79. The predicted octanol–water partition coefficient (Wildman–Crippen LogP) is 4.10. The Labute approximate surface area is 130 Å². The van der Waals surface area contributed by atoms with Gasteiger partial charge < -0.3 is 9.64 Å². The van der Waals surface area contributed by atoms with Crippen molar-refractivity contribution in [1.29, 1.82) is 0 Å². The van der Waals surface area contributed by atoms with E-state index >= 15 is 0 Å². The largest absolute Gasteiger partial charge is 0.494 e. The zero-order chi connectivity index (χ0) is 17.3. The fraction of sp³-hybridized carbons (Fsp3) is 0.200. The minimum atomic E-state index is -1.09. The zero-order valence-electron chi connectivity index (χ0n) is 12.6. The van der Waals surface area contributed by atoms with E-state index in [0.29, 0.717) is 0 Å². The number of para-hydroxylation sites is 1. The molecule has 0 radical (unpaired) electrons. The molecule has 0 spiro atoms. The topological polar surface area (TPSA) is 55.6 Å². The molecule has 0 N–H and O–H groups in total. The predicted molar refractivity (Wildman–Crippen MR) is 78.8 cm³/mol. The van der Waals surface area contributed by atoms with Crippen molar-refractivity contribution in [3.8, 4) is 5.75 Å². The van der Waals surface area contributed by atoms with Crippen molar-refractivity contribution in [1.82, 2.24) is 0 Å². The average Bonchev–Trinajstić information content (AvgIpc) is 2.45. The second-order valence-corrected chi connectivity index (χ2v) is 4.77. The second kappa shape index (κ2) is 6.15. The number of ether oxygens (including phenoxy) is 1. The minimum absolute atomic E-state index is 0.00426. The summed E-state index contributed by atoms with van der Waals surface area (Å²) in [6.07, 6.45) is 0. The Morgan fingerprint density at radius 1 is 1.13 bits per heavy atom. The van der Waals surface area contributed by atoms with Gasteiger partial charge in [0.15, 0.2) is 0 Å². The molecular weight excluding hydrogens is 313 g/mol. The number of halogens is 3. The molecule has 2 aromatic carbocycles. The monoisotopic (exact) mass is 326 g/mol. The van der Waals surface area contributed by atoms with E-state index < -0.39 is 33.7 Å². The molecule has 0 bridgehead atoms. The van der Waals surface area contributed by atoms with Gasteiger partial charge in [-0.2, -0.15) is 4.39 Å². The van der Waals surface area contributed by atoms with Crippen molar-refractivity contribution in [3.63, 3.8) is 0 Å². The molecule has 23 heavy (non-hydrogen) atoms. The third-order valence-electron chi connectivity index (χ3n) is 3.44. The van der Waals surface area contributed by atoms with Crippen LogP contribution < -0.4 is 9.64 Å². The number of hydrogen-bond donors (Lipinski definition) is 0. The quantitative estimate of drug-likeness (QED) is 0.627. The van der Waals surface area contributed by atoms with Crippen molar-refractivity contribution in [2.45, 2.75) is 6.92 Å². The summed E-state index contributed by atoms with van der Waals surface area (Å²) < 4.78 is 46.8. The lowest BCUT2D eigenvalue weighted by Crippen LogP contribution is -2.16. The minimum Gasteiger partial charge on any atom is -0.494 e. The van der Waals surface area contributed by atoms with E-state index in [4.69, 9.17) is 4.74 Å². The van der Waals surface area contributed by atoms with Crippen LogP contribution in [0.5, 0.6) is 5.75 Å². The van der Waals surface area contributed by atoms with Gasteiger partial charge in [0.1, 0.15) is 23.1 Å². The van der Waals surface area contributed by atoms with Crippen LogP contribution in [0.3, 0.4) is 0 Å². The lowest BCUT2D eigenvalue weighted by molar-refractivity contribution is -0.388. The Hall–Kier alpha value is -2.77. The number of methoxy groups -OCH3 is 1. The van der Waals surface area contributed by atoms with Gasteiger partial charge in [0.25, 0.3) is 0 Å². The molecule has 0 unspecified atom stereocenters. The molecule has 2 rings (SSSR count). The zero-order valence-corrected chi connectivity index (χ0v) is 12.6. The molecule has 0 fully saturated rings. The molecule has 0 aliphatic heterocycles. The maximum absolute atomic E-state index is 14.0. The molecule has 0 saturated carbocycles. The van der Waals surface area contributed by atoms with Crippen LogP contribution in [0.15, 0.2) is 24.3 Å². The second-order valence-electron chi connectivity index (χ2n) is 4.77. The van der Waals surface area contributed by atoms with E-state index in [1.807, 2.05) is 0 Å². The first kappa shape index (κ1) is 16.6. The lowest BCUT2D eigenvalue weighted by atomic mass is 10.1. The molecule has 0 heterocycles. The Morgan fingerprint density at radius 2 is 1.70 bits per heavy atom. The van der Waals surface area contributed by atoms with Crippen LogP contribution in [0.1, 0.15) is 5.56 Å². The van der Waals surface area contributed by atoms with Crippen LogP contribution in [-0.2, 0) is 0 Å². The molecule has 5 nitrogen and oxygen atoms in total. The van der Waals surface area contributed by atoms with Crippen LogP contribution in [0.4, 0.5) is 30.2 Å². The van der Waals surface area contributed by atoms with Gasteiger partial charge in [0, 0.05) is 13.1 Å². The molecule has 122 valence electrons. The molecular formula is C15H13F3N2O3. The number of anilines is 2. The Morgan fingerprint density at radius 3 is 2.17 bits per heavy atom. The Balaban J connectivity index is 2.76. The van der Waals surface area contributed by atoms with E-state index in [1.165, 1.54) is 27.1 Å². The summed E-state index contributed by atoms with van der Waals surface area (Å²) in [5.74, 6) is -2.88. The fourth-order valence-electron chi connectivity index (χ4n) is 2.45. The van der Waals surface area contributed by atoms with E-state index in [1.54, 1.807) is 0 Å². The van der Waals surface area contributed by atoms with Gasteiger partial charge in [-0.25, -0.2) is 8.78 Å². The number of rotatable bonds is 4. The standard InChI is InChI=1S/C15H13F3N2O3/c1-8-13(20(21)22)11(18)7-12(23-3)14(8)19(2)15-9(16)5-4-6-10(15)17/h4-7H,1-3H3. The summed E-state index contributed by atoms with van der Waals surface area (Å²) in [5.41, 5.74) is -1.29. The maximum atomic E-state index is 14.0. The molecule has 0 aromatic heterocycles. The molecule has 0 saturated heterocycles. The van der Waals surface area contributed by atoms with Crippen molar-refractivity contribution in [2.75, 3.05) is 19.1 Å². The van der Waals surface area contributed by atoms with E-state index in [0.717, 1.165) is 23.1 Å². The van der Waals surface area contributed by atoms with Crippen molar-refractivity contribution >= 4 is 17.1 Å². The van der Waals surface area contributed by atoms with Gasteiger partial charge in [-0.15, -0.1) is 0 Å².